The summed E-state index contributed by atoms with van der Waals surface area (Å²) >= 11 is 0. The van der Waals surface area contributed by atoms with Crippen molar-refractivity contribution in [1.82, 2.24) is 31.0 Å². The third kappa shape index (κ3) is 5.37. The SMILES string of the molecule is CNC(=O)c1ccc2c(c1)CCc1cc(C(=O)NC)ccc1C2(CCNCC(=O)N1C(C#N)C[C@@H]2C[C@@H]21)c1nnc(C(C)C)o1. The number of amides is 3. The van der Waals surface area contributed by atoms with E-state index in [4.69, 9.17) is 4.42 Å². The van der Waals surface area contributed by atoms with Crippen molar-refractivity contribution in [3.8, 4) is 6.07 Å². The number of hydrogen-bond acceptors (Lipinski definition) is 8. The highest BCUT2D eigenvalue weighted by Crippen LogP contribution is 2.48. The summed E-state index contributed by atoms with van der Waals surface area (Å²) in [6.45, 7) is 4.53. The maximum Gasteiger partial charge on any atom is 0.251 e. The second-order valence-electron chi connectivity index (χ2n) is 12.6. The molecule has 234 valence electrons. The molecule has 2 aromatic carbocycles. The summed E-state index contributed by atoms with van der Waals surface area (Å²) in [6, 6.07) is 13.5. The molecule has 2 fully saturated rings. The van der Waals surface area contributed by atoms with E-state index in [1.165, 1.54) is 0 Å². The number of benzene rings is 2. The van der Waals surface area contributed by atoms with Crippen LogP contribution >= 0.6 is 0 Å². The van der Waals surface area contributed by atoms with Gasteiger partial charge >= 0.3 is 0 Å². The maximum absolute atomic E-state index is 13.2. The number of piperidine rings is 1. The fourth-order valence-electron chi connectivity index (χ4n) is 7.16. The van der Waals surface area contributed by atoms with Crippen LogP contribution in [0.5, 0.6) is 0 Å². The van der Waals surface area contributed by atoms with E-state index < -0.39 is 5.41 Å². The molecule has 45 heavy (non-hydrogen) atoms. The zero-order valence-corrected chi connectivity index (χ0v) is 26.1. The minimum absolute atomic E-state index is 0.00908. The van der Waals surface area contributed by atoms with E-state index in [-0.39, 0.29) is 42.3 Å². The van der Waals surface area contributed by atoms with Crippen LogP contribution in [0, 0.1) is 17.2 Å². The molecular weight excluding hydrogens is 570 g/mol. The molecule has 1 aliphatic heterocycles. The number of fused-ring (bicyclic) bond motifs is 3. The van der Waals surface area contributed by atoms with E-state index in [1.54, 1.807) is 19.0 Å². The molecule has 0 radical (unpaired) electrons. The number of hydrogen-bond donors (Lipinski definition) is 3. The van der Waals surface area contributed by atoms with Crippen LogP contribution in [0.2, 0.25) is 0 Å². The third-order valence-electron chi connectivity index (χ3n) is 9.57. The van der Waals surface area contributed by atoms with Crippen molar-refractivity contribution in [2.45, 2.75) is 69.4 Å². The summed E-state index contributed by atoms with van der Waals surface area (Å²) in [5, 5.41) is 27.4. The molecule has 3 aliphatic rings. The summed E-state index contributed by atoms with van der Waals surface area (Å²) < 4.78 is 6.44. The Balaban J connectivity index is 1.42. The Morgan fingerprint density at radius 3 is 2.16 bits per heavy atom. The van der Waals surface area contributed by atoms with Crippen molar-refractivity contribution in [3.63, 3.8) is 0 Å². The van der Waals surface area contributed by atoms with Gasteiger partial charge in [-0.25, -0.2) is 0 Å². The van der Waals surface area contributed by atoms with Crippen molar-refractivity contribution in [3.05, 3.63) is 81.6 Å². The first-order valence-electron chi connectivity index (χ1n) is 15.7. The largest absolute Gasteiger partial charge is 0.424 e. The standard InChI is InChI=1S/C34H39N7O4/c1-19(2)32-39-40-33(45-32)34(11-12-38-18-29(42)41-25(17-35)15-24-16-28(24)41)26-9-7-22(30(43)36-3)13-20(26)5-6-21-14-23(31(44)37-4)8-10-27(21)34/h7-10,13-14,19,24-25,28,38H,5-6,11-12,15-16,18H2,1-4H3,(H,36,43)(H,37,44)/t24-,25?,28+/m1/s1. The molecule has 11 heteroatoms. The molecule has 3 N–H and O–H groups in total. The molecule has 3 atom stereocenters. The Bertz CT molecular complexity index is 1620. The molecule has 6 rings (SSSR count). The number of nitrogens with one attached hydrogen (secondary N) is 3. The third-order valence-corrected chi connectivity index (χ3v) is 9.57. The van der Waals surface area contributed by atoms with Gasteiger partial charge in [0, 0.05) is 37.2 Å². The number of carbonyl (C=O) groups excluding carboxylic acids is 3. The average molecular weight is 610 g/mol. The van der Waals surface area contributed by atoms with Gasteiger partial charge in [-0.1, -0.05) is 26.0 Å². The van der Waals surface area contributed by atoms with E-state index in [9.17, 15) is 19.6 Å². The van der Waals surface area contributed by atoms with Crippen LogP contribution in [0.15, 0.2) is 40.8 Å². The zero-order chi connectivity index (χ0) is 31.9. The van der Waals surface area contributed by atoms with Gasteiger partial charge in [-0.3, -0.25) is 14.4 Å². The molecule has 2 aliphatic carbocycles. The van der Waals surface area contributed by atoms with Gasteiger partial charge in [-0.05, 0) is 91.1 Å². The number of likely N-dealkylation sites (tertiary alicyclic amines) is 1. The van der Waals surface area contributed by atoms with Crippen molar-refractivity contribution in [2.75, 3.05) is 27.2 Å². The number of nitrogens with zero attached hydrogens (tertiary/aromatic N) is 4. The van der Waals surface area contributed by atoms with Gasteiger partial charge in [0.2, 0.25) is 17.7 Å². The predicted molar refractivity (Wildman–Crippen MR) is 166 cm³/mol. The number of aromatic nitrogens is 2. The van der Waals surface area contributed by atoms with E-state index >= 15 is 0 Å². The Hall–Kier alpha value is -4.56. The zero-order valence-electron chi connectivity index (χ0n) is 26.1. The van der Waals surface area contributed by atoms with Gasteiger partial charge in [0.15, 0.2) is 0 Å². The molecule has 0 bridgehead atoms. The maximum atomic E-state index is 13.2. The minimum Gasteiger partial charge on any atom is -0.424 e. The second kappa shape index (κ2) is 12.1. The van der Waals surface area contributed by atoms with Crippen LogP contribution in [-0.2, 0) is 23.1 Å². The van der Waals surface area contributed by atoms with Crippen molar-refractivity contribution >= 4 is 17.7 Å². The van der Waals surface area contributed by atoms with Crippen LogP contribution in [-0.4, -0.2) is 72.1 Å². The van der Waals surface area contributed by atoms with Gasteiger partial charge < -0.3 is 25.3 Å². The number of aryl methyl sites for hydroxylation is 2. The first-order chi connectivity index (χ1) is 21.7. The summed E-state index contributed by atoms with van der Waals surface area (Å²) in [7, 11) is 3.22. The lowest BCUT2D eigenvalue weighted by molar-refractivity contribution is -0.131. The Morgan fingerprint density at radius 2 is 1.62 bits per heavy atom. The fourth-order valence-corrected chi connectivity index (χ4v) is 7.16. The van der Waals surface area contributed by atoms with Crippen LogP contribution in [0.1, 0.15) is 93.8 Å². The van der Waals surface area contributed by atoms with Crippen molar-refractivity contribution in [2.24, 2.45) is 5.92 Å². The van der Waals surface area contributed by atoms with Crippen LogP contribution < -0.4 is 16.0 Å². The Morgan fingerprint density at radius 1 is 1.00 bits per heavy atom. The highest BCUT2D eigenvalue weighted by atomic mass is 16.4. The number of nitriles is 1. The Labute approximate surface area is 262 Å². The van der Waals surface area contributed by atoms with Crippen molar-refractivity contribution < 1.29 is 18.8 Å². The van der Waals surface area contributed by atoms with E-state index in [1.807, 2.05) is 50.2 Å². The topological polar surface area (TPSA) is 153 Å². The van der Waals surface area contributed by atoms with Crippen LogP contribution in [0.4, 0.5) is 0 Å². The van der Waals surface area contributed by atoms with Gasteiger partial charge in [0.25, 0.3) is 11.8 Å². The molecule has 0 spiro atoms. The lowest BCUT2D eigenvalue weighted by atomic mass is 9.69. The van der Waals surface area contributed by atoms with E-state index in [2.05, 4.69) is 32.2 Å². The first kappa shape index (κ1) is 30.5. The Kier molecular flexibility index (Phi) is 8.18. The summed E-state index contributed by atoms with van der Waals surface area (Å²) in [4.78, 5) is 40.3. The smallest absolute Gasteiger partial charge is 0.251 e. The van der Waals surface area contributed by atoms with Gasteiger partial charge in [0.05, 0.1) is 12.6 Å². The molecule has 2 heterocycles. The molecule has 1 saturated carbocycles. The van der Waals surface area contributed by atoms with Crippen LogP contribution in [0.25, 0.3) is 0 Å². The molecule has 3 amide bonds. The minimum atomic E-state index is -0.926. The van der Waals surface area contributed by atoms with Gasteiger partial charge in [-0.15, -0.1) is 10.2 Å². The normalized spacial score (nSPS) is 20.8. The summed E-state index contributed by atoms with van der Waals surface area (Å²) in [5.74, 6) is 0.981. The van der Waals surface area contributed by atoms with E-state index in [0.29, 0.717) is 54.6 Å². The molecule has 1 saturated heterocycles. The lowest BCUT2D eigenvalue weighted by Crippen LogP contribution is -2.44. The quantitative estimate of drug-likeness (QED) is 0.313. The number of rotatable bonds is 9. The fraction of sp³-hybridized carbons (Fsp3) is 0.471. The molecule has 1 unspecified atom stereocenters. The highest BCUT2D eigenvalue weighted by Gasteiger charge is 2.54. The highest BCUT2D eigenvalue weighted by molar-refractivity contribution is 5.95. The predicted octanol–water partition coefficient (Wildman–Crippen LogP) is 2.84. The first-order valence-corrected chi connectivity index (χ1v) is 15.7. The van der Waals surface area contributed by atoms with Crippen LogP contribution in [0.3, 0.4) is 0 Å². The van der Waals surface area contributed by atoms with Gasteiger partial charge in [-0.2, -0.15) is 5.26 Å². The average Bonchev–Trinajstić information content (AvgIpc) is 3.48. The molecule has 11 nitrogen and oxygen atoms in total. The van der Waals surface area contributed by atoms with E-state index in [0.717, 1.165) is 35.1 Å². The lowest BCUT2D eigenvalue weighted by Gasteiger charge is -2.34. The second-order valence-corrected chi connectivity index (χ2v) is 12.6. The van der Waals surface area contributed by atoms with Crippen molar-refractivity contribution in [1.29, 1.82) is 5.26 Å². The molecule has 3 aromatic rings. The summed E-state index contributed by atoms with van der Waals surface area (Å²) in [6.07, 6.45) is 3.47. The summed E-state index contributed by atoms with van der Waals surface area (Å²) in [5.41, 5.74) is 4.01. The molecule has 1 aromatic heterocycles. The molecular formula is C34H39N7O4. The van der Waals surface area contributed by atoms with Gasteiger partial charge in [0.1, 0.15) is 11.5 Å². The number of carbonyl (C=O) groups is 3. The monoisotopic (exact) mass is 609 g/mol.